The van der Waals surface area contributed by atoms with Gasteiger partial charge >= 0.3 is 0 Å². The van der Waals surface area contributed by atoms with Gasteiger partial charge in [-0.3, -0.25) is 4.90 Å². The lowest BCUT2D eigenvalue weighted by Gasteiger charge is -2.32. The van der Waals surface area contributed by atoms with Gasteiger partial charge in [0.1, 0.15) is 19.0 Å². The van der Waals surface area contributed by atoms with Gasteiger partial charge in [0, 0.05) is 37.1 Å². The van der Waals surface area contributed by atoms with Crippen molar-refractivity contribution in [2.45, 2.75) is 38.6 Å². The number of hydrogen-bond donors (Lipinski definition) is 1. The van der Waals surface area contributed by atoms with Gasteiger partial charge in [0.15, 0.2) is 11.5 Å². The number of aromatic nitrogens is 2. The average molecular weight is 565 g/mol. The zero-order valence-corrected chi connectivity index (χ0v) is 23.6. The smallest absolute Gasteiger partial charge is 0.224 e. The van der Waals surface area contributed by atoms with E-state index in [1.54, 1.807) is 0 Å². The molecule has 1 aromatic heterocycles. The van der Waals surface area contributed by atoms with Crippen LogP contribution in [0.4, 0.5) is 5.82 Å². The van der Waals surface area contributed by atoms with E-state index in [9.17, 15) is 0 Å². The Balaban J connectivity index is 1.22. The average Bonchev–Trinajstić information content (AvgIpc) is 3.01. The van der Waals surface area contributed by atoms with E-state index < -0.39 is 0 Å². The van der Waals surface area contributed by atoms with Crippen LogP contribution in [0.3, 0.4) is 0 Å². The van der Waals surface area contributed by atoms with Crippen molar-refractivity contribution in [3.05, 3.63) is 125 Å². The maximum Gasteiger partial charge on any atom is 0.224 e. The summed E-state index contributed by atoms with van der Waals surface area (Å²) in [6.45, 7) is 3.85. The van der Waals surface area contributed by atoms with Gasteiger partial charge in [0.05, 0.1) is 5.52 Å². The number of piperidine rings is 1. The highest BCUT2D eigenvalue weighted by atomic mass is 35.5. The fraction of sp³-hybridized carbons (Fsp3) is 0.235. The van der Waals surface area contributed by atoms with E-state index in [0.29, 0.717) is 36.3 Å². The van der Waals surface area contributed by atoms with Crippen LogP contribution in [0, 0.1) is 0 Å². The molecule has 1 aliphatic rings. The van der Waals surface area contributed by atoms with Crippen LogP contribution >= 0.6 is 11.6 Å². The van der Waals surface area contributed by atoms with E-state index in [0.717, 1.165) is 54.8 Å². The molecule has 0 unspecified atom stereocenters. The summed E-state index contributed by atoms with van der Waals surface area (Å²) < 4.78 is 12.6. The van der Waals surface area contributed by atoms with Crippen LogP contribution in [-0.4, -0.2) is 34.0 Å². The molecule has 1 fully saturated rings. The van der Waals surface area contributed by atoms with Crippen molar-refractivity contribution in [1.29, 1.82) is 0 Å². The maximum absolute atomic E-state index is 6.42. The normalized spacial score (nSPS) is 14.2. The first-order valence-electron chi connectivity index (χ1n) is 14.1. The second-order valence-electron chi connectivity index (χ2n) is 10.4. The Kier molecular flexibility index (Phi) is 8.60. The molecule has 1 N–H and O–H groups in total. The van der Waals surface area contributed by atoms with E-state index >= 15 is 0 Å². The zero-order valence-electron chi connectivity index (χ0n) is 22.9. The summed E-state index contributed by atoms with van der Waals surface area (Å²) in [7, 11) is 0. The van der Waals surface area contributed by atoms with Gasteiger partial charge in [-0.1, -0.05) is 91.0 Å². The van der Waals surface area contributed by atoms with Gasteiger partial charge in [-0.2, -0.15) is 0 Å². The number of rotatable bonds is 10. The van der Waals surface area contributed by atoms with E-state index in [1.165, 1.54) is 5.56 Å². The van der Waals surface area contributed by atoms with Gasteiger partial charge in [-0.05, 0) is 47.2 Å². The Hall–Kier alpha value is -4.13. The molecule has 0 bridgehead atoms. The van der Waals surface area contributed by atoms with Gasteiger partial charge in [-0.25, -0.2) is 9.97 Å². The van der Waals surface area contributed by atoms with Crippen LogP contribution in [0.1, 0.15) is 29.5 Å². The third kappa shape index (κ3) is 7.15. The van der Waals surface area contributed by atoms with Crippen LogP contribution in [0.25, 0.3) is 10.9 Å². The predicted octanol–water partition coefficient (Wildman–Crippen LogP) is 7.52. The molecular formula is C34H33ClN4O2. The molecule has 6 nitrogen and oxygen atoms in total. The Morgan fingerprint density at radius 3 is 1.83 bits per heavy atom. The Morgan fingerprint density at radius 2 is 1.24 bits per heavy atom. The number of nitrogens with zero attached hydrogens (tertiary/aromatic N) is 3. The van der Waals surface area contributed by atoms with Crippen LogP contribution < -0.4 is 14.8 Å². The molecule has 6 rings (SSSR count). The summed E-state index contributed by atoms with van der Waals surface area (Å²) in [5.41, 5.74) is 4.21. The summed E-state index contributed by atoms with van der Waals surface area (Å²) in [6, 6.07) is 35.0. The van der Waals surface area contributed by atoms with Crippen LogP contribution in [0.15, 0.2) is 103 Å². The van der Waals surface area contributed by atoms with Crippen molar-refractivity contribution in [3.63, 3.8) is 0 Å². The summed E-state index contributed by atoms with van der Waals surface area (Å²) in [5.74, 6) is 1.98. The molecule has 0 spiro atoms. The van der Waals surface area contributed by atoms with Crippen LogP contribution in [0.5, 0.6) is 11.5 Å². The number of benzene rings is 4. The highest BCUT2D eigenvalue weighted by Gasteiger charge is 2.22. The van der Waals surface area contributed by atoms with Crippen molar-refractivity contribution < 1.29 is 9.47 Å². The minimum absolute atomic E-state index is 0.202. The van der Waals surface area contributed by atoms with Crippen molar-refractivity contribution >= 4 is 28.3 Å². The van der Waals surface area contributed by atoms with Crippen molar-refractivity contribution in [3.8, 4) is 11.5 Å². The monoisotopic (exact) mass is 564 g/mol. The molecule has 7 heteroatoms. The molecule has 0 aliphatic carbocycles. The fourth-order valence-corrected chi connectivity index (χ4v) is 5.36. The predicted molar refractivity (Wildman–Crippen MR) is 164 cm³/mol. The van der Waals surface area contributed by atoms with Gasteiger partial charge in [-0.15, -0.1) is 0 Å². The van der Waals surface area contributed by atoms with Crippen molar-refractivity contribution in [2.24, 2.45) is 0 Å². The lowest BCUT2D eigenvalue weighted by Crippen LogP contribution is -2.38. The molecule has 0 atom stereocenters. The topological polar surface area (TPSA) is 59.5 Å². The highest BCUT2D eigenvalue weighted by Crippen LogP contribution is 2.36. The fourth-order valence-electron chi connectivity index (χ4n) is 5.18. The molecule has 0 saturated carbocycles. The molecule has 1 saturated heterocycles. The minimum atomic E-state index is 0.202. The number of nitrogens with one attached hydrogen (secondary N) is 1. The maximum atomic E-state index is 6.42. The Morgan fingerprint density at radius 1 is 0.707 bits per heavy atom. The third-order valence-electron chi connectivity index (χ3n) is 7.39. The molecule has 1 aliphatic heterocycles. The molecule has 208 valence electrons. The molecular weight excluding hydrogens is 532 g/mol. The number of fused-ring (bicyclic) bond motifs is 1. The number of hydrogen-bond acceptors (Lipinski definition) is 6. The molecule has 2 heterocycles. The first kappa shape index (κ1) is 27.1. The Labute approximate surface area is 245 Å². The molecule has 41 heavy (non-hydrogen) atoms. The quantitative estimate of drug-likeness (QED) is 0.177. The van der Waals surface area contributed by atoms with E-state index in [4.69, 9.17) is 21.1 Å². The SMILES string of the molecule is Clc1nc(NC2CCN(Cc3ccccc3)CC2)c2cc(OCc3ccccc3)c(OCc3ccccc3)cc2n1. The first-order chi connectivity index (χ1) is 20.2. The van der Waals surface area contributed by atoms with E-state index in [-0.39, 0.29) is 5.28 Å². The molecule has 5 aromatic rings. The van der Waals surface area contributed by atoms with Crippen LogP contribution in [-0.2, 0) is 19.8 Å². The third-order valence-corrected chi connectivity index (χ3v) is 7.55. The second kappa shape index (κ2) is 13.0. The van der Waals surface area contributed by atoms with Crippen molar-refractivity contribution in [2.75, 3.05) is 18.4 Å². The zero-order chi connectivity index (χ0) is 27.9. The molecule has 0 radical (unpaired) electrons. The summed E-state index contributed by atoms with van der Waals surface area (Å²) in [5, 5.41) is 4.73. The largest absolute Gasteiger partial charge is 0.485 e. The van der Waals surface area contributed by atoms with Gasteiger partial charge in [0.2, 0.25) is 5.28 Å². The van der Waals surface area contributed by atoms with E-state index in [1.807, 2.05) is 72.8 Å². The lowest BCUT2D eigenvalue weighted by molar-refractivity contribution is 0.211. The van der Waals surface area contributed by atoms with Gasteiger partial charge < -0.3 is 14.8 Å². The second-order valence-corrected chi connectivity index (χ2v) is 10.7. The summed E-state index contributed by atoms with van der Waals surface area (Å²) in [6.07, 6.45) is 2.04. The molecule has 0 amide bonds. The summed E-state index contributed by atoms with van der Waals surface area (Å²) >= 11 is 6.42. The molecule has 4 aromatic carbocycles. The number of likely N-dealkylation sites (tertiary alicyclic amines) is 1. The highest BCUT2D eigenvalue weighted by molar-refractivity contribution is 6.28. The van der Waals surface area contributed by atoms with Gasteiger partial charge in [0.25, 0.3) is 0 Å². The lowest BCUT2D eigenvalue weighted by atomic mass is 10.0. The first-order valence-corrected chi connectivity index (χ1v) is 14.4. The number of halogens is 1. The van der Waals surface area contributed by atoms with Crippen molar-refractivity contribution in [1.82, 2.24) is 14.9 Å². The number of anilines is 1. The minimum Gasteiger partial charge on any atom is -0.485 e. The Bertz CT molecular complexity index is 1560. The standard InChI is InChI=1S/C34H33ClN4O2/c35-34-37-30-21-32(41-24-27-14-8-3-9-15-27)31(40-23-26-12-6-2-7-13-26)20-29(30)33(38-34)36-28-16-18-39(19-17-28)22-25-10-4-1-5-11-25/h1-15,20-21,28H,16-19,22-24H2,(H,36,37,38). The number of ether oxygens (including phenoxy) is 2. The van der Waals surface area contributed by atoms with E-state index in [2.05, 4.69) is 50.5 Å². The van der Waals surface area contributed by atoms with Crippen LogP contribution in [0.2, 0.25) is 5.28 Å². The summed E-state index contributed by atoms with van der Waals surface area (Å²) in [4.78, 5) is 11.6.